The summed E-state index contributed by atoms with van der Waals surface area (Å²) in [4.78, 5) is 11.7. The fraction of sp³-hybridized carbons (Fsp3) is 0.500. The number of nitrogens with one attached hydrogen (secondary N) is 1. The third-order valence-corrected chi connectivity index (χ3v) is 5.44. The normalized spacial score (nSPS) is 19.1. The van der Waals surface area contributed by atoms with Crippen molar-refractivity contribution in [1.29, 1.82) is 0 Å². The summed E-state index contributed by atoms with van der Waals surface area (Å²) in [6.45, 7) is 9.49. The number of carbonyl (C=O) groups is 1. The number of hydrogen-bond acceptors (Lipinski definition) is 3. The van der Waals surface area contributed by atoms with Crippen molar-refractivity contribution in [2.75, 3.05) is 13.2 Å². The summed E-state index contributed by atoms with van der Waals surface area (Å²) in [5, 5.41) is 3.14. The summed E-state index contributed by atoms with van der Waals surface area (Å²) < 4.78 is 84.7. The number of carbonyl (C=O) groups excluding carboxylic acids is 1. The van der Waals surface area contributed by atoms with Crippen molar-refractivity contribution in [1.82, 2.24) is 5.32 Å². The molecule has 0 unspecified atom stereocenters. The summed E-state index contributed by atoms with van der Waals surface area (Å²) in [5.41, 5.74) is -2.93. The van der Waals surface area contributed by atoms with Crippen LogP contribution in [0.1, 0.15) is 75.8 Å². The maximum Gasteiger partial charge on any atom is 0.416 e. The van der Waals surface area contributed by atoms with Crippen LogP contribution in [0.3, 0.4) is 0 Å². The second-order valence-electron chi connectivity index (χ2n) is 7.63. The lowest BCUT2D eigenvalue weighted by molar-refractivity contribution is -0.143. The smallest absolute Gasteiger partial charge is 0.372 e. The molecule has 35 heavy (non-hydrogen) atoms. The van der Waals surface area contributed by atoms with Gasteiger partial charge in [0.2, 0.25) is 0 Å². The Morgan fingerprint density at radius 2 is 1.43 bits per heavy atom. The Morgan fingerprint density at radius 1 is 0.914 bits per heavy atom. The van der Waals surface area contributed by atoms with Crippen LogP contribution < -0.4 is 5.32 Å². The largest absolute Gasteiger partial charge is 0.416 e. The minimum absolute atomic E-state index is 0.0206. The Morgan fingerprint density at radius 3 is 1.86 bits per heavy atom. The van der Waals surface area contributed by atoms with Crippen molar-refractivity contribution in [3.05, 3.63) is 70.8 Å². The standard InChI is InChI=1S/C22H21F6NO2.2C2H6/c1-14(15-9-17(21(23,24)25)11-18(10-15)22(26,27)28)31-13-20(8-7-19(30)12-29-20)16-5-3-2-4-6-16;2*1-2/h2-6,9-11,14,29H,7-8,12-13H2,1H3;2*1-2H3/t14-,20-;;/m1../s1. The highest BCUT2D eigenvalue weighted by Gasteiger charge is 2.39. The van der Waals surface area contributed by atoms with E-state index in [1.165, 1.54) is 6.92 Å². The molecule has 1 heterocycles. The Kier molecular flexibility index (Phi) is 11.4. The van der Waals surface area contributed by atoms with E-state index < -0.39 is 35.1 Å². The average molecular weight is 506 g/mol. The Hall–Kier alpha value is -2.39. The van der Waals surface area contributed by atoms with E-state index in [4.69, 9.17) is 4.74 Å². The van der Waals surface area contributed by atoms with Crippen LogP contribution in [0, 0.1) is 0 Å². The van der Waals surface area contributed by atoms with Crippen LogP contribution in [0.2, 0.25) is 0 Å². The van der Waals surface area contributed by atoms with Gasteiger partial charge in [0.25, 0.3) is 0 Å². The van der Waals surface area contributed by atoms with Crippen molar-refractivity contribution in [2.24, 2.45) is 0 Å². The first kappa shape index (κ1) is 30.6. The van der Waals surface area contributed by atoms with Crippen LogP contribution in [-0.4, -0.2) is 18.9 Å². The molecule has 0 aromatic heterocycles. The highest BCUT2D eigenvalue weighted by atomic mass is 19.4. The van der Waals surface area contributed by atoms with E-state index in [-0.39, 0.29) is 30.6 Å². The van der Waals surface area contributed by atoms with Gasteiger partial charge in [-0.2, -0.15) is 26.3 Å². The molecule has 0 radical (unpaired) electrons. The fourth-order valence-corrected chi connectivity index (χ4v) is 3.58. The van der Waals surface area contributed by atoms with E-state index in [9.17, 15) is 31.1 Å². The average Bonchev–Trinajstić information content (AvgIpc) is 2.85. The number of ether oxygens (including phenoxy) is 1. The van der Waals surface area contributed by atoms with Crippen LogP contribution in [0.15, 0.2) is 48.5 Å². The third kappa shape index (κ3) is 8.35. The molecule has 3 nitrogen and oxygen atoms in total. The molecule has 196 valence electrons. The van der Waals surface area contributed by atoms with Crippen molar-refractivity contribution in [3.63, 3.8) is 0 Å². The molecule has 2 aromatic rings. The molecule has 1 N–H and O–H groups in total. The van der Waals surface area contributed by atoms with Crippen LogP contribution >= 0.6 is 0 Å². The minimum Gasteiger partial charge on any atom is -0.372 e. The Bertz CT molecular complexity index is 883. The Balaban J connectivity index is 0.00000145. The van der Waals surface area contributed by atoms with Gasteiger partial charge >= 0.3 is 12.4 Å². The first-order chi connectivity index (χ1) is 16.4. The van der Waals surface area contributed by atoms with Crippen molar-refractivity contribution >= 4 is 5.78 Å². The van der Waals surface area contributed by atoms with Gasteiger partial charge in [0, 0.05) is 6.42 Å². The van der Waals surface area contributed by atoms with E-state index in [1.54, 1.807) is 12.1 Å². The lowest BCUT2D eigenvalue weighted by Crippen LogP contribution is -2.52. The van der Waals surface area contributed by atoms with Gasteiger partial charge in [-0.1, -0.05) is 58.0 Å². The fourth-order valence-electron chi connectivity index (χ4n) is 3.58. The van der Waals surface area contributed by atoms with Gasteiger partial charge in [0.05, 0.1) is 35.9 Å². The Labute approximate surface area is 202 Å². The van der Waals surface area contributed by atoms with Crippen LogP contribution in [-0.2, 0) is 27.4 Å². The molecule has 0 spiro atoms. The van der Waals surface area contributed by atoms with E-state index in [0.29, 0.717) is 25.0 Å². The number of halogens is 6. The number of Topliss-reactive ketones (excluding diaryl/α,β-unsaturated/α-hetero) is 1. The van der Waals surface area contributed by atoms with Crippen molar-refractivity contribution < 1.29 is 35.9 Å². The number of benzene rings is 2. The molecule has 1 fully saturated rings. The second kappa shape index (κ2) is 13.1. The van der Waals surface area contributed by atoms with E-state index in [1.807, 2.05) is 45.9 Å². The molecular weight excluding hydrogens is 472 g/mol. The van der Waals surface area contributed by atoms with E-state index >= 15 is 0 Å². The molecule has 9 heteroatoms. The van der Waals surface area contributed by atoms with Gasteiger partial charge in [0.1, 0.15) is 5.78 Å². The summed E-state index contributed by atoms with van der Waals surface area (Å²) >= 11 is 0. The molecule has 2 atom stereocenters. The topological polar surface area (TPSA) is 38.3 Å². The second-order valence-corrected chi connectivity index (χ2v) is 7.63. The molecule has 0 saturated carbocycles. The van der Waals surface area contributed by atoms with Gasteiger partial charge in [-0.05, 0) is 42.7 Å². The highest BCUT2D eigenvalue weighted by molar-refractivity contribution is 5.81. The summed E-state index contributed by atoms with van der Waals surface area (Å²) in [6, 6.07) is 10.5. The molecular formula is C26H33F6NO2. The SMILES string of the molecule is CC.CC.C[C@@H](OC[C@@]1(c2ccccc2)CCC(=O)CN1)c1cc(C(F)(F)F)cc(C(F)(F)F)c1. The predicted octanol–water partition coefficient (Wildman–Crippen LogP) is 7.70. The molecule has 1 aliphatic rings. The zero-order valence-corrected chi connectivity index (χ0v) is 20.6. The molecule has 1 aliphatic heterocycles. The minimum atomic E-state index is -4.92. The number of hydrogen-bond donors (Lipinski definition) is 1. The van der Waals surface area contributed by atoms with Gasteiger partial charge in [-0.3, -0.25) is 10.1 Å². The summed E-state index contributed by atoms with van der Waals surface area (Å²) in [7, 11) is 0. The first-order valence-corrected chi connectivity index (χ1v) is 11.6. The number of alkyl halides is 6. The molecule has 3 rings (SSSR count). The maximum atomic E-state index is 13.1. The number of ketones is 1. The van der Waals surface area contributed by atoms with Crippen LogP contribution in [0.25, 0.3) is 0 Å². The zero-order chi connectivity index (χ0) is 26.9. The van der Waals surface area contributed by atoms with Gasteiger partial charge in [-0.15, -0.1) is 0 Å². The molecule has 0 amide bonds. The lowest BCUT2D eigenvalue weighted by Gasteiger charge is -2.39. The monoisotopic (exact) mass is 505 g/mol. The maximum absolute atomic E-state index is 13.1. The molecule has 2 aromatic carbocycles. The van der Waals surface area contributed by atoms with E-state index in [2.05, 4.69) is 5.32 Å². The van der Waals surface area contributed by atoms with Crippen LogP contribution in [0.5, 0.6) is 0 Å². The summed E-state index contributed by atoms with van der Waals surface area (Å²) in [5.74, 6) is 0.0206. The zero-order valence-electron chi connectivity index (χ0n) is 20.6. The molecule has 0 bridgehead atoms. The van der Waals surface area contributed by atoms with Crippen LogP contribution in [0.4, 0.5) is 26.3 Å². The van der Waals surface area contributed by atoms with Gasteiger partial charge < -0.3 is 4.74 Å². The number of rotatable bonds is 5. The highest BCUT2D eigenvalue weighted by Crippen LogP contribution is 2.38. The molecule has 1 saturated heterocycles. The van der Waals surface area contributed by atoms with Crippen molar-refractivity contribution in [3.8, 4) is 0 Å². The summed E-state index contributed by atoms with van der Waals surface area (Å²) in [6.07, 6.45) is -10.2. The number of piperidine rings is 1. The first-order valence-electron chi connectivity index (χ1n) is 11.6. The molecule has 0 aliphatic carbocycles. The van der Waals surface area contributed by atoms with E-state index in [0.717, 1.165) is 5.56 Å². The lowest BCUT2D eigenvalue weighted by atomic mass is 9.82. The quantitative estimate of drug-likeness (QED) is 0.423. The van der Waals surface area contributed by atoms with Gasteiger partial charge in [-0.25, -0.2) is 0 Å². The van der Waals surface area contributed by atoms with Crippen molar-refractivity contribution in [2.45, 2.75) is 71.5 Å². The third-order valence-electron chi connectivity index (χ3n) is 5.44. The van der Waals surface area contributed by atoms with Gasteiger partial charge in [0.15, 0.2) is 0 Å². The predicted molar refractivity (Wildman–Crippen MR) is 124 cm³/mol.